The molecule has 1 N–H and O–H groups in total. The first-order valence-electron chi connectivity index (χ1n) is 4.47. The summed E-state index contributed by atoms with van der Waals surface area (Å²) in [5, 5.41) is 9.61. The van der Waals surface area contributed by atoms with Crippen LogP contribution in [0.4, 0.5) is 0 Å². The molecule has 1 aromatic carbocycles. The van der Waals surface area contributed by atoms with Crippen LogP contribution >= 0.6 is 0 Å². The van der Waals surface area contributed by atoms with Gasteiger partial charge in [0.05, 0.1) is 0 Å². The summed E-state index contributed by atoms with van der Waals surface area (Å²) in [5.41, 5.74) is 3.39. The predicted octanol–water partition coefficient (Wildman–Crippen LogP) is 3.39. The number of hydrogen-bond donors (Lipinski definition) is 1. The number of aliphatic hydroxyl groups is 1. The molecule has 0 aromatic heterocycles. The van der Waals surface area contributed by atoms with E-state index in [1.807, 2.05) is 37.3 Å². The highest BCUT2D eigenvalue weighted by molar-refractivity contribution is 5.81. The van der Waals surface area contributed by atoms with E-state index in [2.05, 4.69) is 6.08 Å². The van der Waals surface area contributed by atoms with Crippen LogP contribution in [-0.4, -0.2) is 5.11 Å². The summed E-state index contributed by atoms with van der Waals surface area (Å²) in [6, 6.07) is 7.94. The average Bonchev–Trinajstić information content (AvgIpc) is 2.19. The molecule has 0 saturated heterocycles. The number of aliphatic hydroxyl groups excluding tert-OH is 1. The maximum Gasteiger partial charge on any atom is 0.119 e. The first-order chi connectivity index (χ1) is 6.33. The Morgan fingerprint density at radius 2 is 1.92 bits per heavy atom. The molecule has 2 rings (SSSR count). The van der Waals surface area contributed by atoms with E-state index in [-0.39, 0.29) is 0 Å². The van der Waals surface area contributed by atoms with Crippen LogP contribution in [-0.2, 0) is 0 Å². The second-order valence-corrected chi connectivity index (χ2v) is 3.15. The third-order valence-electron chi connectivity index (χ3n) is 2.41. The van der Waals surface area contributed by atoms with Crippen LogP contribution in [0, 0.1) is 0 Å². The molecule has 0 saturated carbocycles. The van der Waals surface area contributed by atoms with Gasteiger partial charge < -0.3 is 5.11 Å². The van der Waals surface area contributed by atoms with Gasteiger partial charge in [0.2, 0.25) is 0 Å². The number of rotatable bonds is 0. The van der Waals surface area contributed by atoms with Gasteiger partial charge in [-0.2, -0.15) is 0 Å². The number of allylic oxidation sites excluding steroid dienone is 3. The number of benzene rings is 1. The minimum Gasteiger partial charge on any atom is -0.508 e. The minimum absolute atomic E-state index is 0.404. The Bertz CT molecular complexity index is 386. The van der Waals surface area contributed by atoms with Crippen LogP contribution in [0.2, 0.25) is 0 Å². The van der Waals surface area contributed by atoms with Crippen LogP contribution in [0.1, 0.15) is 24.5 Å². The van der Waals surface area contributed by atoms with Crippen LogP contribution < -0.4 is 0 Å². The molecule has 1 nitrogen and oxygen atoms in total. The van der Waals surface area contributed by atoms with E-state index in [1.165, 1.54) is 5.57 Å². The lowest BCUT2D eigenvalue weighted by Crippen LogP contribution is -1.97. The molecule has 0 atom stereocenters. The summed E-state index contributed by atoms with van der Waals surface area (Å²) in [7, 11) is 0. The van der Waals surface area contributed by atoms with Crippen molar-refractivity contribution in [3.05, 3.63) is 47.5 Å². The molecule has 0 aliphatic heterocycles. The standard InChI is InChI=1S/C12H12O/c1-2-9-7-8-12(13)11-6-4-3-5-10(9)11/h2-6,8,13H,7H2,1H3. The van der Waals surface area contributed by atoms with Crippen LogP contribution in [0.5, 0.6) is 0 Å². The van der Waals surface area contributed by atoms with E-state index in [9.17, 15) is 5.11 Å². The van der Waals surface area contributed by atoms with Gasteiger partial charge in [0.1, 0.15) is 5.76 Å². The Labute approximate surface area is 78.0 Å². The molecule has 1 aromatic rings. The Balaban J connectivity index is 2.64. The van der Waals surface area contributed by atoms with E-state index < -0.39 is 0 Å². The zero-order valence-corrected chi connectivity index (χ0v) is 7.62. The highest BCUT2D eigenvalue weighted by Crippen LogP contribution is 2.31. The SMILES string of the molecule is CC=C1CC=C(O)c2ccccc21. The van der Waals surface area contributed by atoms with Crippen molar-refractivity contribution in [3.63, 3.8) is 0 Å². The fourth-order valence-electron chi connectivity index (χ4n) is 1.69. The fraction of sp³-hybridized carbons (Fsp3) is 0.167. The van der Waals surface area contributed by atoms with Crippen LogP contribution in [0.25, 0.3) is 11.3 Å². The van der Waals surface area contributed by atoms with E-state index in [0.717, 1.165) is 17.5 Å². The van der Waals surface area contributed by atoms with Crippen molar-refractivity contribution in [3.8, 4) is 0 Å². The largest absolute Gasteiger partial charge is 0.508 e. The first kappa shape index (κ1) is 8.11. The van der Waals surface area contributed by atoms with Gasteiger partial charge >= 0.3 is 0 Å². The maximum atomic E-state index is 9.61. The molecular weight excluding hydrogens is 160 g/mol. The molecular formula is C12H12O. The molecule has 0 heterocycles. The van der Waals surface area contributed by atoms with E-state index in [4.69, 9.17) is 0 Å². The van der Waals surface area contributed by atoms with Gasteiger partial charge in [-0.05, 0) is 30.6 Å². The van der Waals surface area contributed by atoms with Crippen molar-refractivity contribution >= 4 is 11.3 Å². The molecule has 0 amide bonds. The minimum atomic E-state index is 0.404. The summed E-state index contributed by atoms with van der Waals surface area (Å²) < 4.78 is 0. The van der Waals surface area contributed by atoms with Gasteiger partial charge in [-0.15, -0.1) is 0 Å². The van der Waals surface area contributed by atoms with Gasteiger partial charge in [-0.1, -0.05) is 30.3 Å². The molecule has 0 spiro atoms. The van der Waals surface area contributed by atoms with Gasteiger partial charge in [0.15, 0.2) is 0 Å². The molecule has 0 fully saturated rings. The molecule has 0 radical (unpaired) electrons. The van der Waals surface area contributed by atoms with Gasteiger partial charge in [0.25, 0.3) is 0 Å². The summed E-state index contributed by atoms with van der Waals surface area (Å²) in [4.78, 5) is 0. The summed E-state index contributed by atoms with van der Waals surface area (Å²) in [6.07, 6.45) is 4.79. The lowest BCUT2D eigenvalue weighted by atomic mass is 9.91. The fourth-order valence-corrected chi connectivity index (χ4v) is 1.69. The molecule has 0 bridgehead atoms. The lowest BCUT2D eigenvalue weighted by Gasteiger charge is -2.16. The van der Waals surface area contributed by atoms with Crippen molar-refractivity contribution in [2.24, 2.45) is 0 Å². The van der Waals surface area contributed by atoms with Crippen LogP contribution in [0.15, 0.2) is 36.4 Å². The van der Waals surface area contributed by atoms with Crippen molar-refractivity contribution in [2.45, 2.75) is 13.3 Å². The van der Waals surface area contributed by atoms with E-state index in [0.29, 0.717) is 5.76 Å². The molecule has 66 valence electrons. The Morgan fingerprint density at radius 3 is 2.62 bits per heavy atom. The van der Waals surface area contributed by atoms with Crippen molar-refractivity contribution in [2.75, 3.05) is 0 Å². The Morgan fingerprint density at radius 1 is 1.23 bits per heavy atom. The number of hydrogen-bond acceptors (Lipinski definition) is 1. The third kappa shape index (κ3) is 1.26. The zero-order valence-electron chi connectivity index (χ0n) is 7.62. The Hall–Kier alpha value is -1.50. The van der Waals surface area contributed by atoms with Gasteiger partial charge in [-0.25, -0.2) is 0 Å². The van der Waals surface area contributed by atoms with Crippen LogP contribution in [0.3, 0.4) is 0 Å². The average molecular weight is 172 g/mol. The second-order valence-electron chi connectivity index (χ2n) is 3.15. The predicted molar refractivity (Wildman–Crippen MR) is 55.3 cm³/mol. The topological polar surface area (TPSA) is 20.2 Å². The van der Waals surface area contributed by atoms with Gasteiger partial charge in [-0.3, -0.25) is 0 Å². The lowest BCUT2D eigenvalue weighted by molar-refractivity contribution is 0.509. The van der Waals surface area contributed by atoms with E-state index >= 15 is 0 Å². The zero-order chi connectivity index (χ0) is 9.26. The molecule has 13 heavy (non-hydrogen) atoms. The Kier molecular flexibility index (Phi) is 1.93. The quantitative estimate of drug-likeness (QED) is 0.636. The summed E-state index contributed by atoms with van der Waals surface area (Å²) in [6.45, 7) is 2.03. The van der Waals surface area contributed by atoms with Crippen molar-refractivity contribution in [1.82, 2.24) is 0 Å². The van der Waals surface area contributed by atoms with Gasteiger partial charge in [0, 0.05) is 5.56 Å². The summed E-state index contributed by atoms with van der Waals surface area (Å²) in [5.74, 6) is 0.404. The smallest absolute Gasteiger partial charge is 0.119 e. The first-order valence-corrected chi connectivity index (χ1v) is 4.47. The number of fused-ring (bicyclic) bond motifs is 1. The monoisotopic (exact) mass is 172 g/mol. The molecule has 1 aliphatic rings. The maximum absolute atomic E-state index is 9.61. The van der Waals surface area contributed by atoms with Crippen molar-refractivity contribution in [1.29, 1.82) is 0 Å². The molecule has 1 heteroatoms. The molecule has 1 aliphatic carbocycles. The third-order valence-corrected chi connectivity index (χ3v) is 2.41. The van der Waals surface area contributed by atoms with Crippen molar-refractivity contribution < 1.29 is 5.11 Å². The highest BCUT2D eigenvalue weighted by atomic mass is 16.3. The molecule has 0 unspecified atom stereocenters. The second kappa shape index (κ2) is 3.09. The highest BCUT2D eigenvalue weighted by Gasteiger charge is 2.13. The normalized spacial score (nSPS) is 18.2. The summed E-state index contributed by atoms with van der Waals surface area (Å²) >= 11 is 0. The van der Waals surface area contributed by atoms with E-state index in [1.54, 1.807) is 0 Å².